The molecule has 4 saturated carbocycles. The van der Waals surface area contributed by atoms with E-state index in [4.69, 9.17) is 33.2 Å². The second kappa shape index (κ2) is 17.1. The summed E-state index contributed by atoms with van der Waals surface area (Å²) in [5.74, 6) is 0.0250. The standard InChI is InChI=1S/C48H78O18/c1-8-47(59)26-9-13-44(6)25(10-14-48-27-17-42(3,4)15-16-46(27,21-61-48)28(50)18-45(44,48)7)43(26,5)12-11-29(47)65-41-36(57)33(54)31(52)24(64-41)20-60-39-37(58)34(55)38(23(19-49)63-39)66-40-35(56)32(53)30(51)22(2)62-40/h10,14,22-41,49-59H,8-9,11-13,15-21H2,1-7H3/t22-,23+,24+,25-,26-,27+,28-,29-,30-,31+,32+,33-,34+,35+,36-,37+,38+,39+,40+,41-,43-,44-,45-,46-,47+,48-/m1/s1. The number of ether oxygens (including phenoxy) is 7. The lowest BCUT2D eigenvalue weighted by Crippen LogP contribution is -2.73. The van der Waals surface area contributed by atoms with Crippen molar-refractivity contribution in [2.45, 2.75) is 222 Å². The summed E-state index contributed by atoms with van der Waals surface area (Å²) in [6.45, 7) is 14.3. The third kappa shape index (κ3) is 7.08. The van der Waals surface area contributed by atoms with E-state index in [1.165, 1.54) is 6.92 Å². The second-order valence-electron chi connectivity index (χ2n) is 23.5. The highest BCUT2D eigenvalue weighted by molar-refractivity contribution is 5.36. The Morgan fingerprint density at radius 3 is 2.00 bits per heavy atom. The molecule has 4 aliphatic heterocycles. The number of hydrogen-bond acceptors (Lipinski definition) is 18. The minimum atomic E-state index is -1.82. The SMILES string of the molecule is CC[C@]1(O)[C@@H]2CC[C@]3(C)[C@H](C=C[C@@]45OC[C@@]6(CCC(C)(C)C[C@@H]64)[C@H](O)C[C@]35C)[C@@]2(C)CC[C@H]1O[C@H]1O[C@@H](CO[C@H]2O[C@@H](CO)[C@H](O[C@@H]3O[C@H](C)[C@@H](O)[C@H](O)[C@@H]3O)[C@@H](O)[C@@H]2O)[C@H](O)[C@@H](O)[C@H]1O. The van der Waals surface area contributed by atoms with Crippen molar-refractivity contribution in [3.63, 3.8) is 0 Å². The third-order valence-corrected chi connectivity index (χ3v) is 19.9. The van der Waals surface area contributed by atoms with E-state index < -0.39 is 129 Å². The van der Waals surface area contributed by atoms with Gasteiger partial charge in [-0.15, -0.1) is 0 Å². The molecule has 0 aromatic carbocycles. The molecule has 4 heterocycles. The third-order valence-electron chi connectivity index (χ3n) is 19.9. The number of aliphatic hydroxyl groups excluding tert-OH is 10. The summed E-state index contributed by atoms with van der Waals surface area (Å²) in [7, 11) is 0. The monoisotopic (exact) mass is 943 g/mol. The lowest BCUT2D eigenvalue weighted by molar-refractivity contribution is -0.366. The van der Waals surface area contributed by atoms with Crippen molar-refractivity contribution < 1.29 is 89.3 Å². The van der Waals surface area contributed by atoms with Crippen LogP contribution in [0.2, 0.25) is 0 Å². The zero-order valence-corrected chi connectivity index (χ0v) is 39.5. The average Bonchev–Trinajstić information content (AvgIpc) is 3.55. The first-order valence-corrected chi connectivity index (χ1v) is 24.6. The zero-order valence-electron chi connectivity index (χ0n) is 39.5. The lowest BCUT2D eigenvalue weighted by atomic mass is 9.32. The van der Waals surface area contributed by atoms with Gasteiger partial charge in [-0.1, -0.05) is 53.7 Å². The number of allylic oxidation sites excluding steroid dienone is 1. The van der Waals surface area contributed by atoms with Gasteiger partial charge in [-0.25, -0.2) is 0 Å². The Bertz CT molecular complexity index is 1800. The molecule has 0 radical (unpaired) electrons. The molecule has 0 amide bonds. The van der Waals surface area contributed by atoms with Gasteiger partial charge in [0.05, 0.1) is 49.3 Å². The number of fused-ring (bicyclic) bond motifs is 4. The molecule has 11 N–H and O–H groups in total. The van der Waals surface area contributed by atoms with Crippen molar-refractivity contribution >= 4 is 0 Å². The van der Waals surface area contributed by atoms with Crippen LogP contribution in [0.25, 0.3) is 0 Å². The van der Waals surface area contributed by atoms with Gasteiger partial charge in [0.15, 0.2) is 18.9 Å². The maximum absolute atomic E-state index is 12.9. The largest absolute Gasteiger partial charge is 0.394 e. The maximum atomic E-state index is 12.9. The highest BCUT2D eigenvalue weighted by Crippen LogP contribution is 2.79. The number of aliphatic hydroxyl groups is 11. The van der Waals surface area contributed by atoms with Gasteiger partial charge >= 0.3 is 0 Å². The molecular weight excluding hydrogens is 865 g/mol. The summed E-state index contributed by atoms with van der Waals surface area (Å²) in [5.41, 5.74) is -2.99. The van der Waals surface area contributed by atoms with E-state index in [9.17, 15) is 56.2 Å². The van der Waals surface area contributed by atoms with E-state index in [1.54, 1.807) is 0 Å². The predicted molar refractivity (Wildman–Crippen MR) is 230 cm³/mol. The Morgan fingerprint density at radius 2 is 1.32 bits per heavy atom. The molecule has 4 saturated heterocycles. The smallest absolute Gasteiger partial charge is 0.187 e. The molecule has 18 nitrogen and oxygen atoms in total. The van der Waals surface area contributed by atoms with Crippen molar-refractivity contribution in [2.75, 3.05) is 19.8 Å². The fraction of sp³-hybridized carbons (Fsp3) is 0.958. The van der Waals surface area contributed by atoms with E-state index in [1.807, 2.05) is 6.92 Å². The number of rotatable bonds is 9. The van der Waals surface area contributed by atoms with Crippen LogP contribution in [0.1, 0.15) is 106 Å². The molecule has 8 fully saturated rings. The van der Waals surface area contributed by atoms with Crippen LogP contribution in [0.15, 0.2) is 12.2 Å². The quantitative estimate of drug-likeness (QED) is 0.105. The van der Waals surface area contributed by atoms with Gasteiger partial charge in [-0.3, -0.25) is 0 Å². The summed E-state index contributed by atoms with van der Waals surface area (Å²) < 4.78 is 42.4. The van der Waals surface area contributed by atoms with E-state index in [0.29, 0.717) is 38.7 Å². The van der Waals surface area contributed by atoms with Crippen LogP contribution < -0.4 is 0 Å². The minimum Gasteiger partial charge on any atom is -0.394 e. The molecular formula is C48H78O18. The van der Waals surface area contributed by atoms with Gasteiger partial charge in [0, 0.05) is 16.7 Å². The van der Waals surface area contributed by atoms with Crippen molar-refractivity contribution in [1.29, 1.82) is 0 Å². The summed E-state index contributed by atoms with van der Waals surface area (Å²) in [6, 6.07) is 0. The fourth-order valence-electron chi connectivity index (χ4n) is 15.6. The predicted octanol–water partition coefficient (Wildman–Crippen LogP) is -0.256. The van der Waals surface area contributed by atoms with Crippen LogP contribution >= 0.6 is 0 Å². The summed E-state index contributed by atoms with van der Waals surface area (Å²) in [5, 5.41) is 122. The topological polar surface area (TPSA) is 287 Å². The van der Waals surface area contributed by atoms with Crippen LogP contribution in [-0.4, -0.2) is 192 Å². The van der Waals surface area contributed by atoms with Gasteiger partial charge in [0.2, 0.25) is 0 Å². The highest BCUT2D eigenvalue weighted by Gasteiger charge is 2.79. The molecule has 9 rings (SSSR count). The van der Waals surface area contributed by atoms with Crippen LogP contribution in [0, 0.1) is 44.8 Å². The normalized spacial score (nSPS) is 58.8. The molecule has 378 valence electrons. The van der Waals surface area contributed by atoms with E-state index >= 15 is 0 Å². The van der Waals surface area contributed by atoms with Crippen molar-refractivity contribution in [3.05, 3.63) is 12.2 Å². The van der Waals surface area contributed by atoms with Gasteiger partial charge in [0.1, 0.15) is 67.1 Å². The Balaban J connectivity index is 0.888. The maximum Gasteiger partial charge on any atom is 0.187 e. The van der Waals surface area contributed by atoms with Crippen molar-refractivity contribution in [1.82, 2.24) is 0 Å². The van der Waals surface area contributed by atoms with Crippen LogP contribution in [0.4, 0.5) is 0 Å². The first kappa shape index (κ1) is 50.0. The number of hydrogen-bond donors (Lipinski definition) is 11. The van der Waals surface area contributed by atoms with Crippen LogP contribution in [0.5, 0.6) is 0 Å². The summed E-state index contributed by atoms with van der Waals surface area (Å²) >= 11 is 0. The lowest BCUT2D eigenvalue weighted by Gasteiger charge is -2.73. The van der Waals surface area contributed by atoms with Gasteiger partial charge < -0.3 is 89.3 Å². The average molecular weight is 943 g/mol. The highest BCUT2D eigenvalue weighted by atomic mass is 16.8. The second-order valence-corrected chi connectivity index (χ2v) is 23.5. The minimum absolute atomic E-state index is 0.0508. The van der Waals surface area contributed by atoms with Crippen LogP contribution in [0.3, 0.4) is 0 Å². The fourth-order valence-corrected chi connectivity index (χ4v) is 15.6. The Hall–Kier alpha value is -0.980. The molecule has 18 heteroatoms. The summed E-state index contributed by atoms with van der Waals surface area (Å²) in [6.07, 6.45) is -13.4. The molecule has 26 atom stereocenters. The zero-order chi connectivity index (χ0) is 47.9. The summed E-state index contributed by atoms with van der Waals surface area (Å²) in [4.78, 5) is 0. The van der Waals surface area contributed by atoms with E-state index in [-0.39, 0.29) is 44.8 Å². The Morgan fingerprint density at radius 1 is 0.667 bits per heavy atom. The first-order chi connectivity index (χ1) is 30.9. The molecule has 1 spiro atoms. The van der Waals surface area contributed by atoms with E-state index in [2.05, 4.69) is 46.8 Å². The molecule has 0 aromatic rings. The molecule has 9 aliphatic rings. The van der Waals surface area contributed by atoms with Gasteiger partial charge in [-0.05, 0) is 92.8 Å². The van der Waals surface area contributed by atoms with Gasteiger partial charge in [-0.2, -0.15) is 0 Å². The van der Waals surface area contributed by atoms with Crippen molar-refractivity contribution in [2.24, 2.45) is 44.8 Å². The van der Waals surface area contributed by atoms with Gasteiger partial charge in [0.25, 0.3) is 0 Å². The van der Waals surface area contributed by atoms with E-state index in [0.717, 1.165) is 25.7 Å². The molecule has 2 bridgehead atoms. The molecule has 0 aromatic heterocycles. The Labute approximate surface area is 387 Å². The molecule has 0 unspecified atom stereocenters. The van der Waals surface area contributed by atoms with Crippen molar-refractivity contribution in [3.8, 4) is 0 Å². The Kier molecular flexibility index (Phi) is 12.9. The molecule has 5 aliphatic carbocycles. The first-order valence-electron chi connectivity index (χ1n) is 24.6. The molecule has 66 heavy (non-hydrogen) atoms. The van der Waals surface area contributed by atoms with Crippen LogP contribution in [-0.2, 0) is 33.2 Å².